The highest BCUT2D eigenvalue weighted by Crippen LogP contribution is 2.20. The largest absolute Gasteiger partial charge is 0.741 e. The number of rotatable bonds is 3. The number of likely N-dealkylation sites (N-methyl/N-ethyl adjacent to an activating group) is 1. The summed E-state index contributed by atoms with van der Waals surface area (Å²) in [5, 5.41) is 0. The Labute approximate surface area is 114 Å². The summed E-state index contributed by atoms with van der Waals surface area (Å²) in [5.41, 5.74) is -5.65. The molecule has 1 unspecified atom stereocenters. The Morgan fingerprint density at radius 1 is 1.45 bits per heavy atom. The van der Waals surface area contributed by atoms with Crippen LogP contribution >= 0.6 is 0 Å². The van der Waals surface area contributed by atoms with Crippen molar-refractivity contribution in [1.29, 1.82) is 0 Å². The summed E-state index contributed by atoms with van der Waals surface area (Å²) in [6, 6.07) is 0. The number of carbonyl (C=O) groups is 1. The first-order chi connectivity index (χ1) is 8.91. The topological polar surface area (TPSA) is 92.7 Å². The van der Waals surface area contributed by atoms with E-state index in [0.29, 0.717) is 6.42 Å². The average Bonchev–Trinajstić information content (AvgIpc) is 2.72. The number of ether oxygens (including phenoxy) is 2. The Balaban J connectivity index is 0.000000396. The molecule has 20 heavy (non-hydrogen) atoms. The predicted molar refractivity (Wildman–Crippen MR) is 59.1 cm³/mol. The van der Waals surface area contributed by atoms with Crippen molar-refractivity contribution in [2.45, 2.75) is 11.9 Å². The molecule has 1 rings (SSSR count). The first kappa shape index (κ1) is 19.1. The molecule has 0 saturated carbocycles. The maximum absolute atomic E-state index is 10.8. The Bertz CT molecular complexity index is 416. The van der Waals surface area contributed by atoms with Crippen LogP contribution in [0.25, 0.3) is 0 Å². The minimum atomic E-state index is -6.09. The molecule has 0 aromatic rings. The normalized spacial score (nSPS) is 22.9. The quantitative estimate of drug-likeness (QED) is 0.315. The monoisotopic (exact) mass is 323 g/mol. The first-order valence-electron chi connectivity index (χ1n) is 5.41. The minimum Gasteiger partial charge on any atom is -0.741 e. The van der Waals surface area contributed by atoms with Crippen LogP contribution in [-0.4, -0.2) is 69.5 Å². The van der Waals surface area contributed by atoms with Gasteiger partial charge in [-0.2, -0.15) is 13.2 Å². The average molecular weight is 323 g/mol. The molecule has 0 spiro atoms. The maximum atomic E-state index is 10.8. The molecule has 0 aromatic heterocycles. The summed E-state index contributed by atoms with van der Waals surface area (Å²) in [7, 11) is -2.58. The van der Waals surface area contributed by atoms with Crippen molar-refractivity contribution >= 4 is 16.1 Å². The van der Waals surface area contributed by atoms with E-state index in [9.17, 15) is 18.0 Å². The van der Waals surface area contributed by atoms with Crippen molar-refractivity contribution in [2.24, 2.45) is 0 Å². The Morgan fingerprint density at radius 2 is 1.95 bits per heavy atom. The summed E-state index contributed by atoms with van der Waals surface area (Å²) in [5.74, 6) is -0.138. The van der Waals surface area contributed by atoms with Crippen molar-refractivity contribution in [3.8, 4) is 0 Å². The van der Waals surface area contributed by atoms with E-state index < -0.39 is 15.6 Å². The van der Waals surface area contributed by atoms with Gasteiger partial charge in [0.25, 0.3) is 0 Å². The van der Waals surface area contributed by atoms with E-state index in [1.807, 2.05) is 0 Å². The van der Waals surface area contributed by atoms with E-state index in [4.69, 9.17) is 17.7 Å². The summed E-state index contributed by atoms with van der Waals surface area (Å²) in [6.07, 6.45) is 0.482. The number of halogens is 3. The molecule has 120 valence electrons. The lowest BCUT2D eigenvalue weighted by atomic mass is 10.3. The van der Waals surface area contributed by atoms with Gasteiger partial charge < -0.3 is 18.5 Å². The molecule has 1 atom stereocenters. The smallest absolute Gasteiger partial charge is 0.485 e. The highest BCUT2D eigenvalue weighted by molar-refractivity contribution is 7.86. The van der Waals surface area contributed by atoms with Gasteiger partial charge in [-0.05, 0) is 0 Å². The van der Waals surface area contributed by atoms with Gasteiger partial charge in [-0.1, -0.05) is 0 Å². The van der Waals surface area contributed by atoms with Gasteiger partial charge in [0.05, 0.1) is 27.1 Å². The van der Waals surface area contributed by atoms with Gasteiger partial charge in [0, 0.05) is 0 Å². The SMILES string of the molecule is COC(=O)CC[N+]1(C)CCOC1.O=S(=O)([O-])C(F)(F)F. The van der Waals surface area contributed by atoms with Gasteiger partial charge in [-0.3, -0.25) is 4.79 Å². The van der Waals surface area contributed by atoms with Crippen molar-refractivity contribution in [2.75, 3.05) is 40.6 Å². The van der Waals surface area contributed by atoms with Gasteiger partial charge in [-0.15, -0.1) is 0 Å². The summed E-state index contributed by atoms with van der Waals surface area (Å²) >= 11 is 0. The number of methoxy groups -OCH3 is 1. The van der Waals surface area contributed by atoms with Crippen molar-refractivity contribution in [1.82, 2.24) is 0 Å². The summed E-state index contributed by atoms with van der Waals surface area (Å²) in [4.78, 5) is 10.8. The van der Waals surface area contributed by atoms with E-state index >= 15 is 0 Å². The molecule has 0 aromatic carbocycles. The molecular weight excluding hydrogens is 307 g/mol. The van der Waals surface area contributed by atoms with Gasteiger partial charge >= 0.3 is 11.5 Å². The Hall–Kier alpha value is -0.910. The van der Waals surface area contributed by atoms with Gasteiger partial charge in [0.15, 0.2) is 16.8 Å². The fourth-order valence-electron chi connectivity index (χ4n) is 1.27. The van der Waals surface area contributed by atoms with Crippen LogP contribution < -0.4 is 0 Å². The maximum Gasteiger partial charge on any atom is 0.485 e. The number of hydrogen-bond donors (Lipinski definition) is 0. The number of esters is 1. The number of nitrogens with zero attached hydrogens (tertiary/aromatic N) is 1. The molecule has 0 aliphatic carbocycles. The van der Waals surface area contributed by atoms with E-state index in [2.05, 4.69) is 11.8 Å². The zero-order chi connectivity index (χ0) is 16.0. The third kappa shape index (κ3) is 7.03. The number of alkyl halides is 3. The van der Waals surface area contributed by atoms with E-state index in [-0.39, 0.29) is 5.97 Å². The Kier molecular flexibility index (Phi) is 6.87. The van der Waals surface area contributed by atoms with Crippen LogP contribution in [0.2, 0.25) is 0 Å². The van der Waals surface area contributed by atoms with E-state index in [0.717, 1.165) is 30.9 Å². The van der Waals surface area contributed by atoms with Crippen LogP contribution in [0.1, 0.15) is 6.42 Å². The summed E-state index contributed by atoms with van der Waals surface area (Å²) < 4.78 is 69.5. The zero-order valence-corrected chi connectivity index (χ0v) is 11.8. The van der Waals surface area contributed by atoms with Crippen LogP contribution in [-0.2, 0) is 24.4 Å². The standard InChI is InChI=1S/C8H16NO3.CHF3O3S/c1-9(5-6-12-7-9)4-3-8(10)11-2;2-1(3,4)8(5,6)7/h3-7H2,1-2H3;(H,5,6,7)/q+1;/p-1. The molecule has 1 heterocycles. The number of carbonyl (C=O) groups excluding carboxylic acids is 1. The molecule has 7 nitrogen and oxygen atoms in total. The third-order valence-electron chi connectivity index (χ3n) is 2.55. The molecule has 0 radical (unpaired) electrons. The molecule has 1 aliphatic heterocycles. The highest BCUT2D eigenvalue weighted by Gasteiger charge is 2.36. The van der Waals surface area contributed by atoms with Crippen molar-refractivity contribution < 1.29 is 44.9 Å². The van der Waals surface area contributed by atoms with E-state index in [1.54, 1.807) is 0 Å². The fraction of sp³-hybridized carbons (Fsp3) is 0.889. The second-order valence-electron chi connectivity index (χ2n) is 4.33. The number of quaternary nitrogens is 1. The molecule has 0 bridgehead atoms. The third-order valence-corrected chi connectivity index (χ3v) is 3.11. The van der Waals surface area contributed by atoms with Gasteiger partial charge in [0.1, 0.15) is 13.2 Å². The number of hydrogen-bond acceptors (Lipinski definition) is 6. The fourth-order valence-corrected chi connectivity index (χ4v) is 1.27. The van der Waals surface area contributed by atoms with Crippen LogP contribution in [0.4, 0.5) is 13.2 Å². The second-order valence-corrected chi connectivity index (χ2v) is 5.70. The van der Waals surface area contributed by atoms with Crippen LogP contribution in [0.3, 0.4) is 0 Å². The van der Waals surface area contributed by atoms with Crippen molar-refractivity contribution in [3.63, 3.8) is 0 Å². The molecule has 0 amide bonds. The van der Waals surface area contributed by atoms with Crippen LogP contribution in [0.5, 0.6) is 0 Å². The molecule has 1 saturated heterocycles. The van der Waals surface area contributed by atoms with Crippen molar-refractivity contribution in [3.05, 3.63) is 0 Å². The Morgan fingerprint density at radius 3 is 2.25 bits per heavy atom. The minimum absolute atomic E-state index is 0.138. The molecule has 1 fully saturated rings. The molecular formula is C9H16F3NO6S. The first-order valence-corrected chi connectivity index (χ1v) is 6.82. The predicted octanol–water partition coefficient (Wildman–Crippen LogP) is 0.0352. The van der Waals surface area contributed by atoms with Gasteiger partial charge in [-0.25, -0.2) is 8.42 Å². The molecule has 1 aliphatic rings. The molecule has 11 heteroatoms. The lowest BCUT2D eigenvalue weighted by Gasteiger charge is -2.26. The lowest BCUT2D eigenvalue weighted by molar-refractivity contribution is -0.906. The highest BCUT2D eigenvalue weighted by atomic mass is 32.2. The summed E-state index contributed by atoms with van der Waals surface area (Å²) in [6.45, 7) is 3.33. The van der Waals surface area contributed by atoms with Crippen LogP contribution in [0.15, 0.2) is 0 Å². The zero-order valence-electron chi connectivity index (χ0n) is 11.0. The lowest BCUT2D eigenvalue weighted by Crippen LogP contribution is -2.42. The van der Waals surface area contributed by atoms with E-state index in [1.165, 1.54) is 7.11 Å². The van der Waals surface area contributed by atoms with Crippen LogP contribution in [0, 0.1) is 0 Å². The molecule has 0 N–H and O–H groups in total. The second kappa shape index (κ2) is 7.20. The van der Waals surface area contributed by atoms with Gasteiger partial charge in [0.2, 0.25) is 0 Å².